The van der Waals surface area contributed by atoms with Crippen LogP contribution in [0.2, 0.25) is 0 Å². The summed E-state index contributed by atoms with van der Waals surface area (Å²) < 4.78 is 8.08. The normalized spacial score (nSPS) is 10.9. The molecule has 0 atom stereocenters. The van der Waals surface area contributed by atoms with Gasteiger partial charge in [-0.25, -0.2) is 4.98 Å². The maximum absolute atomic E-state index is 5.97. The van der Waals surface area contributed by atoms with Crippen molar-refractivity contribution in [1.82, 2.24) is 9.55 Å². The second-order valence-electron chi connectivity index (χ2n) is 6.22. The van der Waals surface area contributed by atoms with Gasteiger partial charge in [0.25, 0.3) is 0 Å². The number of para-hydroxylation sites is 3. The van der Waals surface area contributed by atoms with Crippen molar-refractivity contribution in [3.05, 3.63) is 78.9 Å². The predicted molar refractivity (Wildman–Crippen MR) is 106 cm³/mol. The fourth-order valence-corrected chi connectivity index (χ4v) is 3.13. The van der Waals surface area contributed by atoms with E-state index < -0.39 is 0 Å². The Morgan fingerprint density at radius 2 is 1.69 bits per heavy atom. The molecule has 0 aliphatic heterocycles. The van der Waals surface area contributed by atoms with E-state index in [4.69, 9.17) is 15.5 Å². The van der Waals surface area contributed by atoms with Gasteiger partial charge in [-0.1, -0.05) is 42.5 Å². The number of hydrogen-bond donors (Lipinski definition) is 1. The van der Waals surface area contributed by atoms with Gasteiger partial charge in [0.2, 0.25) is 0 Å². The van der Waals surface area contributed by atoms with E-state index in [-0.39, 0.29) is 0 Å². The monoisotopic (exact) mass is 343 g/mol. The first-order valence-corrected chi connectivity index (χ1v) is 8.80. The van der Waals surface area contributed by atoms with Crippen molar-refractivity contribution >= 4 is 16.7 Å². The summed E-state index contributed by atoms with van der Waals surface area (Å²) in [5.74, 6) is 1.84. The van der Waals surface area contributed by atoms with E-state index in [9.17, 15) is 0 Å². The molecule has 0 bridgehead atoms. The summed E-state index contributed by atoms with van der Waals surface area (Å²) in [7, 11) is 0. The summed E-state index contributed by atoms with van der Waals surface area (Å²) >= 11 is 0. The minimum atomic E-state index is 0.660. The average molecular weight is 343 g/mol. The molecule has 0 fully saturated rings. The van der Waals surface area contributed by atoms with Crippen LogP contribution in [0.4, 0.5) is 5.69 Å². The molecule has 0 radical (unpaired) electrons. The van der Waals surface area contributed by atoms with E-state index in [2.05, 4.69) is 16.7 Å². The molecule has 1 aromatic heterocycles. The number of aryl methyl sites for hydroxylation is 1. The van der Waals surface area contributed by atoms with Crippen molar-refractivity contribution in [2.45, 2.75) is 13.0 Å². The minimum Gasteiger partial charge on any atom is -0.494 e. The highest BCUT2D eigenvalue weighted by Gasteiger charge is 2.12. The predicted octanol–water partition coefficient (Wildman–Crippen LogP) is 4.75. The highest BCUT2D eigenvalue weighted by atomic mass is 16.5. The number of rotatable bonds is 6. The van der Waals surface area contributed by atoms with Crippen LogP contribution in [-0.4, -0.2) is 16.2 Å². The summed E-state index contributed by atoms with van der Waals surface area (Å²) in [6, 6.07) is 26.0. The molecule has 26 heavy (non-hydrogen) atoms. The molecule has 4 rings (SSSR count). The zero-order chi connectivity index (χ0) is 17.8. The van der Waals surface area contributed by atoms with Gasteiger partial charge in [0.1, 0.15) is 11.6 Å². The molecule has 0 aliphatic rings. The number of ether oxygens (including phenoxy) is 1. The summed E-state index contributed by atoms with van der Waals surface area (Å²) in [6.45, 7) is 1.49. The molecule has 130 valence electrons. The summed E-state index contributed by atoms with van der Waals surface area (Å²) in [5, 5.41) is 0. The van der Waals surface area contributed by atoms with Gasteiger partial charge in [-0.2, -0.15) is 0 Å². The van der Waals surface area contributed by atoms with Gasteiger partial charge in [-0.15, -0.1) is 0 Å². The highest BCUT2D eigenvalue weighted by molar-refractivity contribution is 5.81. The van der Waals surface area contributed by atoms with Crippen molar-refractivity contribution in [2.24, 2.45) is 0 Å². The van der Waals surface area contributed by atoms with Crippen LogP contribution < -0.4 is 10.5 Å². The van der Waals surface area contributed by atoms with Crippen LogP contribution in [0.25, 0.3) is 22.4 Å². The topological polar surface area (TPSA) is 53.1 Å². The first kappa shape index (κ1) is 16.2. The Morgan fingerprint density at radius 3 is 2.54 bits per heavy atom. The van der Waals surface area contributed by atoms with Gasteiger partial charge < -0.3 is 15.0 Å². The molecule has 3 aromatic carbocycles. The first-order valence-electron chi connectivity index (χ1n) is 8.80. The fourth-order valence-electron chi connectivity index (χ4n) is 3.13. The van der Waals surface area contributed by atoms with Gasteiger partial charge >= 0.3 is 0 Å². The summed E-state index contributed by atoms with van der Waals surface area (Å²) in [5.41, 5.74) is 9.87. The van der Waals surface area contributed by atoms with E-state index in [1.54, 1.807) is 0 Å². The average Bonchev–Trinajstić information content (AvgIpc) is 3.05. The molecular weight excluding hydrogens is 322 g/mol. The number of nitrogens with zero attached hydrogens (tertiary/aromatic N) is 2. The van der Waals surface area contributed by atoms with Crippen LogP contribution in [0.15, 0.2) is 78.9 Å². The molecule has 2 N–H and O–H groups in total. The quantitative estimate of drug-likeness (QED) is 0.406. The van der Waals surface area contributed by atoms with Crippen molar-refractivity contribution in [1.29, 1.82) is 0 Å². The van der Waals surface area contributed by atoms with Crippen molar-refractivity contribution < 1.29 is 4.74 Å². The van der Waals surface area contributed by atoms with Crippen LogP contribution in [-0.2, 0) is 6.54 Å². The van der Waals surface area contributed by atoms with Crippen molar-refractivity contribution in [3.8, 4) is 17.1 Å². The van der Waals surface area contributed by atoms with E-state index in [0.717, 1.165) is 46.8 Å². The van der Waals surface area contributed by atoms with Gasteiger partial charge in [0.15, 0.2) is 0 Å². The second-order valence-corrected chi connectivity index (χ2v) is 6.22. The fraction of sp³-hybridized carbons (Fsp3) is 0.136. The molecule has 0 unspecified atom stereocenters. The molecule has 4 nitrogen and oxygen atoms in total. The Labute approximate surface area is 152 Å². The maximum Gasteiger partial charge on any atom is 0.141 e. The van der Waals surface area contributed by atoms with Gasteiger partial charge in [-0.3, -0.25) is 0 Å². The molecule has 0 aliphatic carbocycles. The molecule has 0 saturated heterocycles. The second kappa shape index (κ2) is 7.31. The Balaban J connectivity index is 1.58. The van der Waals surface area contributed by atoms with Gasteiger partial charge in [0.05, 0.1) is 17.6 Å². The van der Waals surface area contributed by atoms with Crippen LogP contribution in [0.3, 0.4) is 0 Å². The Hall–Kier alpha value is -3.27. The lowest BCUT2D eigenvalue weighted by molar-refractivity contribution is 0.303. The number of imidazole rings is 1. The van der Waals surface area contributed by atoms with E-state index in [0.29, 0.717) is 6.61 Å². The zero-order valence-electron chi connectivity index (χ0n) is 14.5. The lowest BCUT2D eigenvalue weighted by Crippen LogP contribution is -2.06. The van der Waals surface area contributed by atoms with Crippen molar-refractivity contribution in [3.63, 3.8) is 0 Å². The van der Waals surface area contributed by atoms with E-state index >= 15 is 0 Å². The SMILES string of the molecule is Nc1cccc(-c2nc3ccccc3n2CCCOc2ccccc2)c1. The van der Waals surface area contributed by atoms with E-state index in [1.165, 1.54) is 0 Å². The maximum atomic E-state index is 5.97. The molecule has 4 heteroatoms. The third-order valence-corrected chi connectivity index (χ3v) is 4.34. The van der Waals surface area contributed by atoms with Crippen LogP contribution in [0.1, 0.15) is 6.42 Å². The van der Waals surface area contributed by atoms with Crippen molar-refractivity contribution in [2.75, 3.05) is 12.3 Å². The zero-order valence-corrected chi connectivity index (χ0v) is 14.5. The largest absolute Gasteiger partial charge is 0.494 e. The molecule has 1 heterocycles. The molecule has 0 saturated carbocycles. The number of hydrogen-bond acceptors (Lipinski definition) is 3. The Morgan fingerprint density at radius 1 is 0.885 bits per heavy atom. The third-order valence-electron chi connectivity index (χ3n) is 4.34. The van der Waals surface area contributed by atoms with E-state index in [1.807, 2.05) is 66.7 Å². The number of benzene rings is 3. The molecular formula is C22H21N3O. The van der Waals surface area contributed by atoms with Crippen LogP contribution >= 0.6 is 0 Å². The molecule has 0 amide bonds. The van der Waals surface area contributed by atoms with Gasteiger partial charge in [-0.05, 0) is 42.8 Å². The number of nitrogens with two attached hydrogens (primary N) is 1. The Kier molecular flexibility index (Phi) is 4.56. The third kappa shape index (κ3) is 3.40. The van der Waals surface area contributed by atoms with Gasteiger partial charge in [0, 0.05) is 17.8 Å². The summed E-state index contributed by atoms with van der Waals surface area (Å²) in [4.78, 5) is 4.83. The lowest BCUT2D eigenvalue weighted by Gasteiger charge is -2.11. The van der Waals surface area contributed by atoms with Crippen LogP contribution in [0, 0.1) is 0 Å². The minimum absolute atomic E-state index is 0.660. The number of fused-ring (bicyclic) bond motifs is 1. The molecule has 0 spiro atoms. The number of anilines is 1. The summed E-state index contributed by atoms with van der Waals surface area (Å²) in [6.07, 6.45) is 0.893. The van der Waals surface area contributed by atoms with Crippen LogP contribution in [0.5, 0.6) is 5.75 Å². The number of aromatic nitrogens is 2. The lowest BCUT2D eigenvalue weighted by atomic mass is 10.2. The Bertz CT molecular complexity index is 1010. The standard InChI is InChI=1S/C22H21N3O/c23-18-9-6-8-17(16-18)22-24-20-12-4-5-13-21(20)25(22)14-7-15-26-19-10-2-1-3-11-19/h1-6,8-13,16H,7,14-15,23H2. The highest BCUT2D eigenvalue weighted by Crippen LogP contribution is 2.26. The smallest absolute Gasteiger partial charge is 0.141 e. The first-order chi connectivity index (χ1) is 12.8. The molecule has 4 aromatic rings. The number of nitrogen functional groups attached to an aromatic ring is 1.